The zero-order valence-corrected chi connectivity index (χ0v) is 10.1. The Balaban J connectivity index is 2.23. The standard InChI is InChI=1S/C13H13NO2S/c15-13(16)10-14-7-4-8-17-12(9-14)11-5-2-1-3-6-11/h1-6,8-9H,7,10H2,(H,15,16). The molecule has 0 radical (unpaired) electrons. The van der Waals surface area contributed by atoms with Gasteiger partial charge in [-0.05, 0) is 11.0 Å². The number of hydrogen-bond donors (Lipinski definition) is 1. The lowest BCUT2D eigenvalue weighted by molar-refractivity contribution is -0.137. The number of carbonyl (C=O) groups is 1. The summed E-state index contributed by atoms with van der Waals surface area (Å²) in [4.78, 5) is 13.6. The topological polar surface area (TPSA) is 40.5 Å². The van der Waals surface area contributed by atoms with Gasteiger partial charge in [-0.1, -0.05) is 48.2 Å². The van der Waals surface area contributed by atoms with E-state index in [4.69, 9.17) is 5.11 Å². The zero-order chi connectivity index (χ0) is 12.1. The van der Waals surface area contributed by atoms with Gasteiger partial charge >= 0.3 is 5.97 Å². The minimum Gasteiger partial charge on any atom is -0.480 e. The Morgan fingerprint density at radius 1 is 1.35 bits per heavy atom. The third kappa shape index (κ3) is 3.39. The Kier molecular flexibility index (Phi) is 3.88. The van der Waals surface area contributed by atoms with Crippen LogP contribution in [-0.2, 0) is 4.79 Å². The second kappa shape index (κ2) is 5.59. The van der Waals surface area contributed by atoms with E-state index in [1.165, 1.54) is 0 Å². The summed E-state index contributed by atoms with van der Waals surface area (Å²) in [6.07, 6.45) is 3.88. The largest absolute Gasteiger partial charge is 0.480 e. The second-order valence-electron chi connectivity index (χ2n) is 3.67. The highest BCUT2D eigenvalue weighted by molar-refractivity contribution is 8.10. The highest BCUT2D eigenvalue weighted by Crippen LogP contribution is 2.30. The molecular weight excluding hydrogens is 234 g/mol. The number of rotatable bonds is 3. The molecule has 0 aliphatic carbocycles. The molecule has 0 spiro atoms. The molecule has 3 nitrogen and oxygen atoms in total. The van der Waals surface area contributed by atoms with Crippen LogP contribution in [0.4, 0.5) is 0 Å². The highest BCUT2D eigenvalue weighted by atomic mass is 32.2. The first-order chi connectivity index (χ1) is 8.25. The number of nitrogens with zero attached hydrogens (tertiary/aromatic N) is 1. The maximum atomic E-state index is 10.7. The lowest BCUT2D eigenvalue weighted by Gasteiger charge is -2.15. The van der Waals surface area contributed by atoms with Crippen molar-refractivity contribution >= 4 is 22.6 Å². The van der Waals surface area contributed by atoms with Gasteiger partial charge in [0.05, 0.1) is 0 Å². The van der Waals surface area contributed by atoms with Crippen molar-refractivity contribution in [3.63, 3.8) is 0 Å². The van der Waals surface area contributed by atoms with Gasteiger partial charge in [-0.15, -0.1) is 0 Å². The van der Waals surface area contributed by atoms with E-state index >= 15 is 0 Å². The predicted molar refractivity (Wildman–Crippen MR) is 70.4 cm³/mol. The molecule has 88 valence electrons. The molecular formula is C13H13NO2S. The van der Waals surface area contributed by atoms with Gasteiger partial charge in [0, 0.05) is 17.6 Å². The number of thioether (sulfide) groups is 1. The minimum atomic E-state index is -0.811. The van der Waals surface area contributed by atoms with Crippen molar-refractivity contribution < 1.29 is 9.90 Å². The lowest BCUT2D eigenvalue weighted by Crippen LogP contribution is -2.24. The van der Waals surface area contributed by atoms with E-state index in [1.807, 2.05) is 48.0 Å². The first kappa shape index (κ1) is 11.8. The van der Waals surface area contributed by atoms with E-state index in [2.05, 4.69) is 0 Å². The number of aliphatic carboxylic acids is 1. The molecule has 0 saturated heterocycles. The van der Waals surface area contributed by atoms with Gasteiger partial charge in [0.15, 0.2) is 0 Å². The summed E-state index contributed by atoms with van der Waals surface area (Å²) in [5, 5.41) is 10.8. The normalized spacial score (nSPS) is 15.3. The first-order valence-electron chi connectivity index (χ1n) is 5.30. The van der Waals surface area contributed by atoms with E-state index in [0.717, 1.165) is 10.5 Å². The molecule has 0 bridgehead atoms. The molecule has 1 aromatic carbocycles. The van der Waals surface area contributed by atoms with Crippen molar-refractivity contribution in [3.05, 3.63) is 53.6 Å². The molecule has 1 aliphatic heterocycles. The Bertz CT molecular complexity index is 454. The molecule has 0 unspecified atom stereocenters. The Hall–Kier alpha value is -1.68. The number of carboxylic acid groups (broad SMARTS) is 1. The molecule has 1 heterocycles. The van der Waals surface area contributed by atoms with Gasteiger partial charge in [0.1, 0.15) is 6.54 Å². The average Bonchev–Trinajstić information content (AvgIpc) is 2.55. The third-order valence-electron chi connectivity index (χ3n) is 2.33. The van der Waals surface area contributed by atoms with E-state index < -0.39 is 5.97 Å². The molecule has 1 aromatic rings. The van der Waals surface area contributed by atoms with Gasteiger partial charge in [0.2, 0.25) is 0 Å². The van der Waals surface area contributed by atoms with Crippen molar-refractivity contribution in [1.29, 1.82) is 0 Å². The second-order valence-corrected chi connectivity index (χ2v) is 4.62. The van der Waals surface area contributed by atoms with E-state index in [0.29, 0.717) is 6.54 Å². The van der Waals surface area contributed by atoms with Crippen LogP contribution in [0.2, 0.25) is 0 Å². The minimum absolute atomic E-state index is 0.0290. The van der Waals surface area contributed by atoms with Crippen molar-refractivity contribution in [1.82, 2.24) is 4.90 Å². The molecule has 0 amide bonds. The summed E-state index contributed by atoms with van der Waals surface area (Å²) < 4.78 is 0. The summed E-state index contributed by atoms with van der Waals surface area (Å²) in [5.74, 6) is -0.811. The van der Waals surface area contributed by atoms with Gasteiger partial charge in [0.25, 0.3) is 0 Å². The lowest BCUT2D eigenvalue weighted by atomic mass is 10.2. The van der Waals surface area contributed by atoms with Crippen molar-refractivity contribution in [2.24, 2.45) is 0 Å². The van der Waals surface area contributed by atoms with Crippen LogP contribution in [0.3, 0.4) is 0 Å². The smallest absolute Gasteiger partial charge is 0.323 e. The van der Waals surface area contributed by atoms with Gasteiger partial charge in [-0.3, -0.25) is 4.79 Å². The summed E-state index contributed by atoms with van der Waals surface area (Å²) in [7, 11) is 0. The quantitative estimate of drug-likeness (QED) is 0.891. The Morgan fingerprint density at radius 3 is 2.82 bits per heavy atom. The molecule has 0 saturated carbocycles. The molecule has 1 aliphatic rings. The van der Waals surface area contributed by atoms with Crippen LogP contribution in [0.1, 0.15) is 5.56 Å². The van der Waals surface area contributed by atoms with E-state index in [9.17, 15) is 4.79 Å². The molecule has 4 heteroatoms. The predicted octanol–water partition coefficient (Wildman–Crippen LogP) is 2.63. The van der Waals surface area contributed by atoms with E-state index in [-0.39, 0.29) is 6.54 Å². The van der Waals surface area contributed by atoms with Gasteiger partial charge in [-0.2, -0.15) is 0 Å². The third-order valence-corrected chi connectivity index (χ3v) is 3.25. The fourth-order valence-corrected chi connectivity index (χ4v) is 2.39. The maximum absolute atomic E-state index is 10.7. The van der Waals surface area contributed by atoms with Crippen molar-refractivity contribution in [2.45, 2.75) is 0 Å². The van der Waals surface area contributed by atoms with Gasteiger partial charge < -0.3 is 10.0 Å². The SMILES string of the molecule is O=C(O)CN1C=C(c2ccccc2)SC=CC1. The number of benzene rings is 1. The fraction of sp³-hybridized carbons (Fsp3) is 0.154. The van der Waals surface area contributed by atoms with Crippen LogP contribution in [-0.4, -0.2) is 29.1 Å². The average molecular weight is 247 g/mol. The summed E-state index contributed by atoms with van der Waals surface area (Å²) in [6, 6.07) is 9.98. The van der Waals surface area contributed by atoms with Crippen molar-refractivity contribution in [3.8, 4) is 0 Å². The molecule has 2 rings (SSSR count). The van der Waals surface area contributed by atoms with Crippen LogP contribution >= 0.6 is 11.8 Å². The molecule has 17 heavy (non-hydrogen) atoms. The molecule has 0 fully saturated rings. The van der Waals surface area contributed by atoms with Crippen LogP contribution in [0.25, 0.3) is 4.91 Å². The van der Waals surface area contributed by atoms with Crippen LogP contribution in [0.15, 0.2) is 48.0 Å². The molecule has 0 atom stereocenters. The van der Waals surface area contributed by atoms with E-state index in [1.54, 1.807) is 16.7 Å². The summed E-state index contributed by atoms with van der Waals surface area (Å²) in [5.41, 5.74) is 1.11. The Labute approximate surface area is 104 Å². The monoisotopic (exact) mass is 247 g/mol. The fourth-order valence-electron chi connectivity index (χ4n) is 1.58. The molecule has 0 aromatic heterocycles. The maximum Gasteiger partial charge on any atom is 0.323 e. The summed E-state index contributed by atoms with van der Waals surface area (Å²) in [6.45, 7) is 0.664. The van der Waals surface area contributed by atoms with Crippen LogP contribution in [0, 0.1) is 0 Å². The van der Waals surface area contributed by atoms with Crippen molar-refractivity contribution in [2.75, 3.05) is 13.1 Å². The van der Waals surface area contributed by atoms with Crippen LogP contribution in [0.5, 0.6) is 0 Å². The molecule has 1 N–H and O–H groups in total. The zero-order valence-electron chi connectivity index (χ0n) is 9.24. The van der Waals surface area contributed by atoms with Gasteiger partial charge in [-0.25, -0.2) is 0 Å². The summed E-state index contributed by atoms with van der Waals surface area (Å²) >= 11 is 1.61. The highest BCUT2D eigenvalue weighted by Gasteiger charge is 2.09. The van der Waals surface area contributed by atoms with Crippen LogP contribution < -0.4 is 0 Å². The first-order valence-corrected chi connectivity index (χ1v) is 6.18. The number of carboxylic acids is 1. The number of hydrogen-bond acceptors (Lipinski definition) is 3. The Morgan fingerprint density at radius 2 is 2.12 bits per heavy atom.